The molecule has 0 radical (unpaired) electrons. The molecule has 0 aliphatic rings. The van der Waals surface area contributed by atoms with Gasteiger partial charge in [0.15, 0.2) is 0 Å². The monoisotopic (exact) mass is 288 g/mol. The predicted molar refractivity (Wildman–Crippen MR) is 81.3 cm³/mol. The van der Waals surface area contributed by atoms with Gasteiger partial charge in [0, 0.05) is 0 Å². The van der Waals surface area contributed by atoms with Crippen LogP contribution in [0, 0.1) is 30.3 Å². The van der Waals surface area contributed by atoms with Gasteiger partial charge in [-0.3, -0.25) is 0 Å². The first-order chi connectivity index (χ1) is 10.7. The van der Waals surface area contributed by atoms with Crippen LogP contribution in [0.3, 0.4) is 0 Å². The summed E-state index contributed by atoms with van der Waals surface area (Å²) in [6.07, 6.45) is 0. The molecule has 0 atom stereocenters. The van der Waals surface area contributed by atoms with Gasteiger partial charge in [-0.25, -0.2) is 14.5 Å². The summed E-state index contributed by atoms with van der Waals surface area (Å²) in [6, 6.07) is 14.0. The van der Waals surface area contributed by atoms with E-state index in [4.69, 9.17) is 18.4 Å². The zero-order valence-electron chi connectivity index (χ0n) is 11.3. The number of benzene rings is 2. The predicted octanol–water partition coefficient (Wildman–Crippen LogP) is 2.47. The number of nitriles is 1. The second-order valence-electron chi connectivity index (χ2n) is 4.24. The average Bonchev–Trinajstić information content (AvgIpc) is 2.56. The normalized spacial score (nSPS) is 9.00. The van der Waals surface area contributed by atoms with Crippen LogP contribution in [0.2, 0.25) is 0 Å². The Kier molecular flexibility index (Phi) is 4.50. The average molecular weight is 288 g/mol. The summed E-state index contributed by atoms with van der Waals surface area (Å²) >= 11 is 0. The largest absolute Gasteiger partial charge is 0.364 e. The molecular weight excluding hydrogens is 279 g/mol. The van der Waals surface area contributed by atoms with Crippen LogP contribution < -0.4 is 15.8 Å². The minimum atomic E-state index is -0.349. The van der Waals surface area contributed by atoms with Crippen molar-refractivity contribution >= 4 is 17.2 Å². The molecule has 0 unspecified atom stereocenters. The number of anilines is 1. The zero-order valence-corrected chi connectivity index (χ0v) is 11.3. The molecule has 0 aliphatic heterocycles. The SMILES string of the molecule is [C-]#[N+]C(C#N)=c1ccc(=C([N+]#[C-])Nc2ccc(F)cc2)cc1. The topological polar surface area (TPSA) is 44.5 Å². The van der Waals surface area contributed by atoms with Gasteiger partial charge in [-0.2, -0.15) is 0 Å². The van der Waals surface area contributed by atoms with Crippen molar-refractivity contribution in [2.45, 2.75) is 0 Å². The molecule has 0 aliphatic carbocycles. The van der Waals surface area contributed by atoms with Crippen molar-refractivity contribution < 1.29 is 4.39 Å². The summed E-state index contributed by atoms with van der Waals surface area (Å²) in [4.78, 5) is 6.55. The van der Waals surface area contributed by atoms with E-state index in [1.165, 1.54) is 24.3 Å². The van der Waals surface area contributed by atoms with E-state index in [0.717, 1.165) is 0 Å². The van der Waals surface area contributed by atoms with E-state index in [0.29, 0.717) is 16.1 Å². The Bertz CT molecular complexity index is 899. The molecule has 0 fully saturated rings. The first-order valence-electron chi connectivity index (χ1n) is 6.20. The van der Waals surface area contributed by atoms with Crippen molar-refractivity contribution in [1.29, 1.82) is 5.26 Å². The second kappa shape index (κ2) is 6.70. The van der Waals surface area contributed by atoms with Gasteiger partial charge in [-0.05, 0) is 34.7 Å². The van der Waals surface area contributed by atoms with E-state index in [2.05, 4.69) is 15.0 Å². The van der Waals surface area contributed by atoms with Crippen LogP contribution in [0.1, 0.15) is 0 Å². The summed E-state index contributed by atoms with van der Waals surface area (Å²) in [7, 11) is 0. The standard InChI is InChI=1S/C17H9FN4/c1-20-16(11-19)12-3-5-13(6-4-12)17(21-2)22-15-9-7-14(18)8-10-15/h3-10,22H. The Morgan fingerprint density at radius 2 is 1.55 bits per heavy atom. The molecule has 4 nitrogen and oxygen atoms in total. The van der Waals surface area contributed by atoms with E-state index < -0.39 is 0 Å². The Hall–Kier alpha value is -3.62. The minimum Gasteiger partial charge on any atom is -0.364 e. The van der Waals surface area contributed by atoms with Crippen LogP contribution in [0.5, 0.6) is 0 Å². The van der Waals surface area contributed by atoms with E-state index in [1.807, 2.05) is 6.07 Å². The van der Waals surface area contributed by atoms with E-state index in [-0.39, 0.29) is 17.3 Å². The van der Waals surface area contributed by atoms with Crippen molar-refractivity contribution in [3.05, 3.63) is 87.6 Å². The van der Waals surface area contributed by atoms with Gasteiger partial charge < -0.3 is 10.2 Å². The molecule has 0 spiro atoms. The van der Waals surface area contributed by atoms with E-state index in [1.54, 1.807) is 24.3 Å². The number of nitrogens with one attached hydrogen (secondary N) is 1. The molecule has 1 N–H and O–H groups in total. The molecule has 2 rings (SSSR count). The maximum Gasteiger partial charge on any atom is 0.268 e. The quantitative estimate of drug-likeness (QED) is 0.863. The minimum absolute atomic E-state index is 0.00223. The Balaban J connectivity index is 2.46. The third-order valence-electron chi connectivity index (χ3n) is 2.87. The molecule has 5 heteroatoms. The van der Waals surface area contributed by atoms with Crippen molar-refractivity contribution in [3.63, 3.8) is 0 Å². The Labute approximate surface area is 126 Å². The highest BCUT2D eigenvalue weighted by Gasteiger charge is 2.01. The molecule has 0 aromatic heterocycles. The third kappa shape index (κ3) is 3.28. The fourth-order valence-corrected chi connectivity index (χ4v) is 1.77. The van der Waals surface area contributed by atoms with Crippen molar-refractivity contribution in [2.75, 3.05) is 5.32 Å². The summed E-state index contributed by atoms with van der Waals surface area (Å²) in [5.74, 6) is -0.0718. The van der Waals surface area contributed by atoms with Crippen molar-refractivity contribution in [3.8, 4) is 6.07 Å². The van der Waals surface area contributed by atoms with Gasteiger partial charge in [0.2, 0.25) is 5.82 Å². The Morgan fingerprint density at radius 3 is 2.05 bits per heavy atom. The number of nitrogens with zero attached hydrogens (tertiary/aromatic N) is 3. The van der Waals surface area contributed by atoms with E-state index >= 15 is 0 Å². The lowest BCUT2D eigenvalue weighted by Gasteiger charge is -2.03. The highest BCUT2D eigenvalue weighted by molar-refractivity contribution is 5.69. The molecule has 0 saturated heterocycles. The summed E-state index contributed by atoms with van der Waals surface area (Å²) in [5, 5.41) is 12.9. The van der Waals surface area contributed by atoms with Gasteiger partial charge in [0.1, 0.15) is 11.5 Å². The first-order valence-corrected chi connectivity index (χ1v) is 6.20. The van der Waals surface area contributed by atoms with Crippen molar-refractivity contribution in [1.82, 2.24) is 0 Å². The maximum absolute atomic E-state index is 12.9. The smallest absolute Gasteiger partial charge is 0.268 e. The lowest BCUT2D eigenvalue weighted by Crippen LogP contribution is -2.14. The van der Waals surface area contributed by atoms with Crippen LogP contribution in [-0.2, 0) is 0 Å². The number of rotatable bonds is 2. The molecule has 0 amide bonds. The van der Waals surface area contributed by atoms with Crippen LogP contribution in [0.25, 0.3) is 21.2 Å². The van der Waals surface area contributed by atoms with Gasteiger partial charge in [0.05, 0.1) is 12.6 Å². The molecule has 0 saturated carbocycles. The maximum atomic E-state index is 12.9. The van der Waals surface area contributed by atoms with Gasteiger partial charge in [0.25, 0.3) is 5.70 Å². The van der Waals surface area contributed by atoms with Crippen LogP contribution >= 0.6 is 0 Å². The zero-order chi connectivity index (χ0) is 15.9. The summed E-state index contributed by atoms with van der Waals surface area (Å²) < 4.78 is 12.9. The van der Waals surface area contributed by atoms with Crippen LogP contribution in [0.15, 0.2) is 48.5 Å². The molecule has 104 valence electrons. The Morgan fingerprint density at radius 1 is 0.955 bits per heavy atom. The highest BCUT2D eigenvalue weighted by atomic mass is 19.1. The summed E-state index contributed by atoms with van der Waals surface area (Å²) in [6.45, 7) is 14.2. The molecule has 0 heterocycles. The fraction of sp³-hybridized carbons (Fsp3) is 0. The third-order valence-corrected chi connectivity index (χ3v) is 2.87. The molecular formula is C17H9FN4. The molecule has 2 aromatic rings. The van der Waals surface area contributed by atoms with Gasteiger partial charge >= 0.3 is 0 Å². The highest BCUT2D eigenvalue weighted by Crippen LogP contribution is 2.11. The van der Waals surface area contributed by atoms with Gasteiger partial charge in [-0.1, -0.05) is 30.8 Å². The van der Waals surface area contributed by atoms with Crippen LogP contribution in [0.4, 0.5) is 10.1 Å². The fourth-order valence-electron chi connectivity index (χ4n) is 1.77. The van der Waals surface area contributed by atoms with Gasteiger partial charge in [-0.15, -0.1) is 0 Å². The molecule has 2 aromatic carbocycles. The number of hydrogen-bond donors (Lipinski definition) is 1. The number of halogens is 1. The lowest BCUT2D eigenvalue weighted by molar-refractivity contribution is 0.628. The lowest BCUT2D eigenvalue weighted by atomic mass is 10.2. The molecule has 22 heavy (non-hydrogen) atoms. The molecule has 0 bridgehead atoms. The van der Waals surface area contributed by atoms with E-state index in [9.17, 15) is 4.39 Å². The summed E-state index contributed by atoms with van der Waals surface area (Å²) in [5.41, 5.74) is 0.601. The first kappa shape index (κ1) is 14.8. The number of hydrogen-bond acceptors (Lipinski definition) is 2. The van der Waals surface area contributed by atoms with Crippen LogP contribution in [-0.4, -0.2) is 0 Å². The second-order valence-corrected chi connectivity index (χ2v) is 4.24. The van der Waals surface area contributed by atoms with Crippen molar-refractivity contribution in [2.24, 2.45) is 0 Å².